The summed E-state index contributed by atoms with van der Waals surface area (Å²) in [6.45, 7) is 1.11. The summed E-state index contributed by atoms with van der Waals surface area (Å²) >= 11 is -1.75. The van der Waals surface area contributed by atoms with E-state index in [1.54, 1.807) is 0 Å². The number of aliphatic hydroxyl groups excluding tert-OH is 1. The van der Waals surface area contributed by atoms with Gasteiger partial charge in [-0.2, -0.15) is 0 Å². The molecule has 0 radical (unpaired) electrons. The number of halogens is 4. The molecular formula is C6H18Cl4N3O2Ru. The second-order valence-electron chi connectivity index (χ2n) is 3.29. The molecule has 0 saturated heterocycles. The summed E-state index contributed by atoms with van der Waals surface area (Å²) in [5.74, 6) is 0. The van der Waals surface area contributed by atoms with Crippen LogP contribution in [0.3, 0.4) is 0 Å². The van der Waals surface area contributed by atoms with Crippen molar-refractivity contribution in [3.8, 4) is 0 Å². The quantitative estimate of drug-likeness (QED) is 0.358. The molecule has 16 heavy (non-hydrogen) atoms. The molecule has 0 fully saturated rings. The van der Waals surface area contributed by atoms with Gasteiger partial charge in [0.25, 0.3) is 0 Å². The van der Waals surface area contributed by atoms with Gasteiger partial charge in [0, 0.05) is 0 Å². The van der Waals surface area contributed by atoms with Gasteiger partial charge in [0.1, 0.15) is 6.54 Å². The van der Waals surface area contributed by atoms with E-state index in [4.69, 9.17) is 39.0 Å². The topological polar surface area (TPSA) is 89.3 Å². The van der Waals surface area contributed by atoms with Crippen molar-refractivity contribution in [2.24, 2.45) is 11.5 Å². The standard InChI is InChI=1S/C5H14NO.CH4N2O.4ClH.Ru/c1-6(2,3)4-5-7;2-1(3)4;;;;;/h7H,4-5H2,1-3H3;(H4,2,3,4);4*1H;/q+1;;;;;;+3/p-4. The average Bonchev–Trinajstić information content (AvgIpc) is 1.79. The van der Waals surface area contributed by atoms with Crippen molar-refractivity contribution in [2.75, 3.05) is 34.3 Å². The van der Waals surface area contributed by atoms with Crippen LogP contribution in [0.2, 0.25) is 0 Å². The predicted octanol–water partition coefficient (Wildman–Crippen LogP) is -2.22. The van der Waals surface area contributed by atoms with E-state index in [2.05, 4.69) is 32.6 Å². The molecule has 10 heteroatoms. The van der Waals surface area contributed by atoms with Gasteiger partial charge in [0.05, 0.1) is 27.7 Å². The van der Waals surface area contributed by atoms with E-state index in [1.165, 1.54) is 0 Å². The molecule has 0 rings (SSSR count). The Morgan fingerprint density at radius 1 is 1.25 bits per heavy atom. The molecule has 0 heterocycles. The van der Waals surface area contributed by atoms with Gasteiger partial charge < -0.3 is 33.5 Å². The van der Waals surface area contributed by atoms with Gasteiger partial charge in [-0.1, -0.05) is 0 Å². The molecule has 0 aromatic carbocycles. The zero-order chi connectivity index (χ0) is 13.1. The molecule has 0 aliphatic heterocycles. The van der Waals surface area contributed by atoms with Crippen LogP contribution in [-0.4, -0.2) is 49.9 Å². The monoisotopic (exact) mass is 406 g/mol. The number of likely N-dealkylation sites (N-methyl/N-ethyl adjacent to an activating group) is 1. The molecule has 0 aromatic rings. The van der Waals surface area contributed by atoms with Crippen LogP contribution >= 0.6 is 29.1 Å². The summed E-state index contributed by atoms with van der Waals surface area (Å²) in [5.41, 5.74) is 8.50. The summed E-state index contributed by atoms with van der Waals surface area (Å²) in [4.78, 5) is 9.00. The number of aliphatic hydroxyl groups is 1. The number of hydrogen-bond acceptors (Lipinski definition) is 2. The summed E-state index contributed by atoms with van der Waals surface area (Å²) in [6, 6.07) is -0.833. The molecule has 0 spiro atoms. The maximum absolute atomic E-state index is 9.00. The Labute approximate surface area is 120 Å². The molecule has 5 nitrogen and oxygen atoms in total. The van der Waals surface area contributed by atoms with E-state index in [9.17, 15) is 0 Å². The van der Waals surface area contributed by atoms with Crippen LogP contribution in [0.4, 0.5) is 4.79 Å². The van der Waals surface area contributed by atoms with Crippen LogP contribution in [0.25, 0.3) is 0 Å². The Hall–Kier alpha value is 0.973. The van der Waals surface area contributed by atoms with Crippen LogP contribution in [-0.2, 0) is 13.0 Å². The van der Waals surface area contributed by atoms with Gasteiger partial charge in [0.15, 0.2) is 0 Å². The normalized spacial score (nSPS) is 9.56. The molecule has 5 N–H and O–H groups in total. The summed E-state index contributed by atoms with van der Waals surface area (Å²) in [7, 11) is 21.0. The number of carbonyl (C=O) groups excluding carboxylic acids is 1. The van der Waals surface area contributed by atoms with Crippen LogP contribution in [0.1, 0.15) is 0 Å². The zero-order valence-electron chi connectivity index (χ0n) is 9.24. The Balaban J connectivity index is -0.0000000700. The fourth-order valence-electron chi connectivity index (χ4n) is 0.300. The van der Waals surface area contributed by atoms with Crippen LogP contribution < -0.4 is 23.9 Å². The summed E-state index contributed by atoms with van der Waals surface area (Å²) in [6.07, 6.45) is 0. The molecule has 0 unspecified atom stereocenters. The number of amides is 2. The Kier molecular flexibility index (Phi) is 25.7. The fraction of sp³-hybridized carbons (Fsp3) is 0.833. The molecule has 0 aliphatic carbocycles. The van der Waals surface area contributed by atoms with Gasteiger partial charge in [-0.05, 0) is 0 Å². The first-order valence-corrected chi connectivity index (χ1v) is 10.4. The number of nitrogens with zero attached hydrogens (tertiary/aromatic N) is 1. The van der Waals surface area contributed by atoms with Crippen LogP contribution in [0.15, 0.2) is 0 Å². The minimum atomic E-state index is -1.75. The third-order valence-electron chi connectivity index (χ3n) is 0.771. The van der Waals surface area contributed by atoms with Crippen molar-refractivity contribution in [3.05, 3.63) is 0 Å². The van der Waals surface area contributed by atoms with Crippen LogP contribution in [0.5, 0.6) is 0 Å². The molecule has 0 bridgehead atoms. The number of urea groups is 1. The molecule has 0 atom stereocenters. The van der Waals surface area contributed by atoms with E-state index >= 15 is 0 Å². The van der Waals surface area contributed by atoms with Crippen LogP contribution in [0, 0.1) is 0 Å². The predicted molar refractivity (Wildman–Crippen MR) is 61.3 cm³/mol. The van der Waals surface area contributed by atoms with Crippen molar-refractivity contribution < 1.29 is 39.8 Å². The minimum absolute atomic E-state index is 0. The van der Waals surface area contributed by atoms with Gasteiger partial charge in [0.2, 0.25) is 0 Å². The molecule has 0 saturated carbocycles. The number of primary amides is 2. The third-order valence-corrected chi connectivity index (χ3v) is 0.771. The van der Waals surface area contributed by atoms with E-state index in [-0.39, 0.29) is 19.0 Å². The van der Waals surface area contributed by atoms with Crippen molar-refractivity contribution in [3.63, 3.8) is 0 Å². The Morgan fingerprint density at radius 2 is 1.44 bits per heavy atom. The molecule has 105 valence electrons. The van der Waals surface area contributed by atoms with E-state index < -0.39 is 19.0 Å². The number of nitrogens with two attached hydrogens (primary N) is 2. The summed E-state index contributed by atoms with van der Waals surface area (Å²) < 4.78 is 0.844. The van der Waals surface area contributed by atoms with Crippen molar-refractivity contribution in [2.45, 2.75) is 0 Å². The first-order chi connectivity index (χ1) is 6.52. The Morgan fingerprint density at radius 3 is 1.44 bits per heavy atom. The van der Waals surface area contributed by atoms with Crippen molar-refractivity contribution in [1.82, 2.24) is 0 Å². The van der Waals surface area contributed by atoms with Crippen molar-refractivity contribution in [1.29, 1.82) is 0 Å². The number of rotatable bonds is 2. The van der Waals surface area contributed by atoms with Gasteiger partial charge >= 0.3 is 48.1 Å². The number of quaternary nitrogens is 1. The second kappa shape index (κ2) is 16.0. The van der Waals surface area contributed by atoms with Gasteiger partial charge in [-0.3, -0.25) is 0 Å². The average molecular weight is 407 g/mol. The fourth-order valence-corrected chi connectivity index (χ4v) is 0.300. The first kappa shape index (κ1) is 25.7. The molecular weight excluding hydrogens is 389 g/mol. The van der Waals surface area contributed by atoms with E-state index in [0.29, 0.717) is 0 Å². The summed E-state index contributed by atoms with van der Waals surface area (Å²) in [5, 5.41) is 8.39. The first-order valence-electron chi connectivity index (χ1n) is 3.66. The molecule has 0 aromatic heterocycles. The Bertz CT molecular complexity index is 150. The van der Waals surface area contributed by atoms with E-state index in [1.807, 2.05) is 0 Å². The van der Waals surface area contributed by atoms with Gasteiger partial charge in [-0.25, -0.2) is 4.79 Å². The maximum atomic E-state index is 9.00. The number of hydrogen-bond donors (Lipinski definition) is 3. The SMILES string of the molecule is C[N+](C)(C)CCO.NC(N)=O.[Cl-].[Cl][Ru]([Cl])[Cl]. The molecule has 2 amide bonds. The van der Waals surface area contributed by atoms with E-state index in [0.717, 1.165) is 11.0 Å². The van der Waals surface area contributed by atoms with Crippen molar-refractivity contribution >= 4 is 35.1 Å². The second-order valence-corrected chi connectivity index (χ2v) is 11.2. The van der Waals surface area contributed by atoms with Gasteiger partial charge in [-0.15, -0.1) is 0 Å². The third kappa shape index (κ3) is 118. The zero-order valence-corrected chi connectivity index (χ0v) is 14.0. The number of carbonyl (C=O) groups is 1. The molecule has 0 aliphatic rings.